The van der Waals surface area contributed by atoms with Crippen LogP contribution in [0, 0.1) is 0 Å². The maximum absolute atomic E-state index is 12.3. The number of hydrogen-bond donors (Lipinski definition) is 0. The van der Waals surface area contributed by atoms with Gasteiger partial charge in [0.05, 0.1) is 17.3 Å². The molecule has 3 nitrogen and oxygen atoms in total. The third-order valence-electron chi connectivity index (χ3n) is 1.93. The average Bonchev–Trinajstić information content (AvgIpc) is 2.46. The zero-order chi connectivity index (χ0) is 10.3. The Hall–Kier alpha value is -1.59. The van der Waals surface area contributed by atoms with E-state index in [9.17, 15) is 13.2 Å². The SMILES string of the molecule is Cn1ncc2ncc(C(F)(F)F)cc21. The van der Waals surface area contributed by atoms with Crippen molar-refractivity contribution in [3.8, 4) is 0 Å². The Balaban J connectivity index is 2.66. The molecular formula is C8H6F3N3. The fraction of sp³-hybridized carbons (Fsp3) is 0.250. The topological polar surface area (TPSA) is 30.7 Å². The molecule has 2 aromatic rings. The number of pyridine rings is 1. The summed E-state index contributed by atoms with van der Waals surface area (Å²) in [6.45, 7) is 0. The highest BCUT2D eigenvalue weighted by Crippen LogP contribution is 2.30. The van der Waals surface area contributed by atoms with Gasteiger partial charge in [-0.1, -0.05) is 0 Å². The molecule has 0 saturated heterocycles. The lowest BCUT2D eigenvalue weighted by atomic mass is 10.2. The molecule has 0 atom stereocenters. The van der Waals surface area contributed by atoms with Crippen LogP contribution in [0.1, 0.15) is 5.56 Å². The second-order valence-corrected chi connectivity index (χ2v) is 2.89. The van der Waals surface area contributed by atoms with Crippen molar-refractivity contribution in [1.29, 1.82) is 0 Å². The van der Waals surface area contributed by atoms with Crippen LogP contribution in [0.15, 0.2) is 18.5 Å². The van der Waals surface area contributed by atoms with Crippen LogP contribution in [0.25, 0.3) is 11.0 Å². The van der Waals surface area contributed by atoms with E-state index in [1.165, 1.54) is 10.9 Å². The number of aromatic nitrogens is 3. The van der Waals surface area contributed by atoms with E-state index in [0.29, 0.717) is 11.0 Å². The number of alkyl halides is 3. The molecule has 0 aliphatic rings. The van der Waals surface area contributed by atoms with Crippen LogP contribution in [0.4, 0.5) is 13.2 Å². The summed E-state index contributed by atoms with van der Waals surface area (Å²) in [7, 11) is 1.57. The van der Waals surface area contributed by atoms with Crippen molar-refractivity contribution in [2.24, 2.45) is 7.05 Å². The molecule has 74 valence electrons. The van der Waals surface area contributed by atoms with E-state index >= 15 is 0 Å². The van der Waals surface area contributed by atoms with E-state index in [2.05, 4.69) is 10.1 Å². The molecule has 6 heteroatoms. The normalized spacial score (nSPS) is 12.3. The first-order chi connectivity index (χ1) is 6.48. The number of halogens is 3. The number of nitrogens with zero attached hydrogens (tertiary/aromatic N) is 3. The highest BCUT2D eigenvalue weighted by Gasteiger charge is 2.31. The summed E-state index contributed by atoms with van der Waals surface area (Å²) in [4.78, 5) is 3.67. The molecule has 0 unspecified atom stereocenters. The van der Waals surface area contributed by atoms with E-state index in [4.69, 9.17) is 0 Å². The number of aryl methyl sites for hydroxylation is 1. The van der Waals surface area contributed by atoms with Gasteiger partial charge in [0.25, 0.3) is 0 Å². The van der Waals surface area contributed by atoms with Gasteiger partial charge in [0.15, 0.2) is 0 Å². The van der Waals surface area contributed by atoms with Crippen molar-refractivity contribution >= 4 is 11.0 Å². The summed E-state index contributed by atoms with van der Waals surface area (Å²) in [6, 6.07) is 1.04. The van der Waals surface area contributed by atoms with Crippen LogP contribution in [0.3, 0.4) is 0 Å². The van der Waals surface area contributed by atoms with E-state index in [-0.39, 0.29) is 0 Å². The third-order valence-corrected chi connectivity index (χ3v) is 1.93. The summed E-state index contributed by atoms with van der Waals surface area (Å²) in [5.74, 6) is 0. The molecule has 0 amide bonds. The highest BCUT2D eigenvalue weighted by molar-refractivity contribution is 5.74. The van der Waals surface area contributed by atoms with Gasteiger partial charge in [0.2, 0.25) is 0 Å². The standard InChI is InChI=1S/C8H6F3N3/c1-14-7-2-5(8(9,10)11)3-12-6(7)4-13-14/h2-4H,1H3. The largest absolute Gasteiger partial charge is 0.417 e. The molecule has 2 heterocycles. The monoisotopic (exact) mass is 201 g/mol. The molecule has 0 aromatic carbocycles. The Labute approximate surface area is 77.2 Å². The lowest BCUT2D eigenvalue weighted by molar-refractivity contribution is -0.137. The molecule has 0 fully saturated rings. The minimum absolute atomic E-state index is 0.375. The third kappa shape index (κ3) is 1.32. The Kier molecular flexibility index (Phi) is 1.73. The van der Waals surface area contributed by atoms with Crippen molar-refractivity contribution in [3.63, 3.8) is 0 Å². The first kappa shape index (κ1) is 8.98. The lowest BCUT2D eigenvalue weighted by Gasteiger charge is -2.05. The van der Waals surface area contributed by atoms with Crippen molar-refractivity contribution in [2.75, 3.05) is 0 Å². The second kappa shape index (κ2) is 2.70. The van der Waals surface area contributed by atoms with Gasteiger partial charge >= 0.3 is 6.18 Å². The first-order valence-corrected chi connectivity index (χ1v) is 3.83. The summed E-state index contributed by atoms with van der Waals surface area (Å²) in [5.41, 5.74) is 0.0777. The molecule has 0 aliphatic heterocycles. The van der Waals surface area contributed by atoms with Crippen LogP contribution in [-0.2, 0) is 13.2 Å². The van der Waals surface area contributed by atoms with Crippen LogP contribution >= 0.6 is 0 Å². The zero-order valence-corrected chi connectivity index (χ0v) is 7.21. The van der Waals surface area contributed by atoms with Crippen LogP contribution < -0.4 is 0 Å². The fourth-order valence-corrected chi connectivity index (χ4v) is 1.18. The van der Waals surface area contributed by atoms with Gasteiger partial charge in [0.1, 0.15) is 5.52 Å². The van der Waals surface area contributed by atoms with Crippen LogP contribution in [-0.4, -0.2) is 14.8 Å². The van der Waals surface area contributed by atoms with Crippen molar-refractivity contribution < 1.29 is 13.2 Å². The van der Waals surface area contributed by atoms with Crippen molar-refractivity contribution in [2.45, 2.75) is 6.18 Å². The lowest BCUT2D eigenvalue weighted by Crippen LogP contribution is -2.05. The predicted octanol–water partition coefficient (Wildman–Crippen LogP) is 1.99. The van der Waals surface area contributed by atoms with Crippen LogP contribution in [0.2, 0.25) is 0 Å². The second-order valence-electron chi connectivity index (χ2n) is 2.89. The Morgan fingerprint density at radius 2 is 2.00 bits per heavy atom. The van der Waals surface area contributed by atoms with E-state index in [1.807, 2.05) is 0 Å². The van der Waals surface area contributed by atoms with E-state index in [1.54, 1.807) is 7.05 Å². The molecule has 0 saturated carbocycles. The van der Waals surface area contributed by atoms with Crippen LogP contribution in [0.5, 0.6) is 0 Å². The predicted molar refractivity (Wildman–Crippen MR) is 43.5 cm³/mol. The van der Waals surface area contributed by atoms with Gasteiger partial charge in [-0.3, -0.25) is 9.67 Å². The molecular weight excluding hydrogens is 195 g/mol. The fourth-order valence-electron chi connectivity index (χ4n) is 1.18. The zero-order valence-electron chi connectivity index (χ0n) is 7.21. The van der Waals surface area contributed by atoms with Gasteiger partial charge in [-0.15, -0.1) is 0 Å². The van der Waals surface area contributed by atoms with E-state index < -0.39 is 11.7 Å². The first-order valence-electron chi connectivity index (χ1n) is 3.83. The maximum Gasteiger partial charge on any atom is 0.417 e. The average molecular weight is 201 g/mol. The molecule has 2 rings (SSSR count). The van der Waals surface area contributed by atoms with Gasteiger partial charge in [-0.25, -0.2) is 0 Å². The van der Waals surface area contributed by atoms with Crippen molar-refractivity contribution in [3.05, 3.63) is 24.0 Å². The minimum atomic E-state index is -4.36. The van der Waals surface area contributed by atoms with Crippen molar-refractivity contribution in [1.82, 2.24) is 14.8 Å². The molecule has 0 bridgehead atoms. The quantitative estimate of drug-likeness (QED) is 0.652. The maximum atomic E-state index is 12.3. The van der Waals surface area contributed by atoms with Gasteiger partial charge in [0, 0.05) is 13.2 Å². The molecule has 14 heavy (non-hydrogen) atoms. The smallest absolute Gasteiger partial charge is 0.266 e. The number of fused-ring (bicyclic) bond motifs is 1. The summed E-state index contributed by atoms with van der Waals surface area (Å²) in [6.07, 6.45) is -2.12. The number of hydrogen-bond acceptors (Lipinski definition) is 2. The molecule has 0 spiro atoms. The Morgan fingerprint density at radius 1 is 1.29 bits per heavy atom. The molecule has 0 N–H and O–H groups in total. The Bertz CT molecular complexity index is 472. The van der Waals surface area contributed by atoms with Gasteiger partial charge < -0.3 is 0 Å². The van der Waals surface area contributed by atoms with Gasteiger partial charge in [-0.2, -0.15) is 18.3 Å². The molecule has 0 radical (unpaired) electrons. The summed E-state index contributed by atoms with van der Waals surface area (Å²) < 4.78 is 38.2. The Morgan fingerprint density at radius 3 is 2.64 bits per heavy atom. The summed E-state index contributed by atoms with van der Waals surface area (Å²) in [5, 5.41) is 3.81. The highest BCUT2D eigenvalue weighted by atomic mass is 19.4. The molecule has 0 aliphatic carbocycles. The molecule has 2 aromatic heterocycles. The van der Waals surface area contributed by atoms with E-state index in [0.717, 1.165) is 12.3 Å². The number of rotatable bonds is 0. The summed E-state index contributed by atoms with van der Waals surface area (Å²) >= 11 is 0. The minimum Gasteiger partial charge on any atom is -0.266 e. The van der Waals surface area contributed by atoms with Gasteiger partial charge in [-0.05, 0) is 6.07 Å².